The molecule has 0 bridgehead atoms. The van der Waals surface area contributed by atoms with Gasteiger partial charge >= 0.3 is 6.36 Å². The summed E-state index contributed by atoms with van der Waals surface area (Å²) in [5.74, 6) is -0.903. The highest BCUT2D eigenvalue weighted by atomic mass is 19.4. The molecule has 0 atom stereocenters. The van der Waals surface area contributed by atoms with E-state index in [2.05, 4.69) is 9.72 Å². The number of halogens is 3. The number of nitrogens with one attached hydrogen (secondary N) is 1. The van der Waals surface area contributed by atoms with Crippen LogP contribution in [0.5, 0.6) is 5.75 Å². The Labute approximate surface area is 93.6 Å². The molecule has 17 heavy (non-hydrogen) atoms. The van der Waals surface area contributed by atoms with E-state index in [9.17, 15) is 18.0 Å². The van der Waals surface area contributed by atoms with E-state index in [0.717, 1.165) is 6.07 Å². The molecular formula is C9H8F3N3O2. The highest BCUT2D eigenvalue weighted by Crippen LogP contribution is 2.21. The van der Waals surface area contributed by atoms with E-state index < -0.39 is 17.7 Å². The summed E-state index contributed by atoms with van der Waals surface area (Å²) >= 11 is 0. The lowest BCUT2D eigenvalue weighted by Gasteiger charge is -2.10. The van der Waals surface area contributed by atoms with E-state index >= 15 is 0 Å². The van der Waals surface area contributed by atoms with Crippen molar-refractivity contribution in [1.82, 2.24) is 4.98 Å². The smallest absolute Gasteiger partial charge is 0.400 e. The number of pyridine rings is 1. The molecule has 0 aliphatic rings. The van der Waals surface area contributed by atoms with Crippen LogP contribution < -0.4 is 16.0 Å². The van der Waals surface area contributed by atoms with E-state index in [0.29, 0.717) is 0 Å². The lowest BCUT2D eigenvalue weighted by atomic mass is 10.1. The van der Waals surface area contributed by atoms with Gasteiger partial charge in [-0.25, -0.2) is 0 Å². The number of aromatic amines is 1. The number of H-pyrrole nitrogens is 1. The number of nitrogens with zero attached hydrogens (tertiary/aromatic N) is 1. The summed E-state index contributed by atoms with van der Waals surface area (Å²) in [6, 6.07) is 2.63. The predicted octanol–water partition coefficient (Wildman–Crippen LogP) is 0.798. The van der Waals surface area contributed by atoms with Crippen molar-refractivity contribution in [2.75, 3.05) is 0 Å². The van der Waals surface area contributed by atoms with Crippen LogP contribution in [0.3, 0.4) is 0 Å². The third-order valence-corrected chi connectivity index (χ3v) is 1.88. The fourth-order valence-electron chi connectivity index (χ4n) is 1.22. The average molecular weight is 247 g/mol. The topological polar surface area (TPSA) is 91.9 Å². The van der Waals surface area contributed by atoms with E-state index in [4.69, 9.17) is 11.0 Å². The molecule has 1 heterocycles. The Bertz CT molecular complexity index is 502. The molecule has 8 heteroatoms. The summed E-state index contributed by atoms with van der Waals surface area (Å²) in [6.07, 6.45) is -5.13. The van der Waals surface area contributed by atoms with Gasteiger partial charge in [0.2, 0.25) is 0 Å². The molecule has 0 aromatic carbocycles. The minimum absolute atomic E-state index is 0.0848. The third-order valence-electron chi connectivity index (χ3n) is 1.88. The van der Waals surface area contributed by atoms with Crippen molar-refractivity contribution >= 4 is 0 Å². The maximum Gasteiger partial charge on any atom is 0.573 e. The van der Waals surface area contributed by atoms with Gasteiger partial charge in [-0.2, -0.15) is 5.26 Å². The second kappa shape index (κ2) is 4.88. The number of nitriles is 1. The monoisotopic (exact) mass is 247 g/mol. The molecule has 1 aromatic rings. The summed E-state index contributed by atoms with van der Waals surface area (Å²) < 4.78 is 39.4. The number of hydrogen-bond acceptors (Lipinski definition) is 4. The van der Waals surface area contributed by atoms with Gasteiger partial charge in [-0.1, -0.05) is 0 Å². The number of nitrogens with two attached hydrogens (primary N) is 1. The summed E-state index contributed by atoms with van der Waals surface area (Å²) in [7, 11) is 0. The van der Waals surface area contributed by atoms with Crippen LogP contribution in [0, 0.1) is 11.3 Å². The Morgan fingerprint density at radius 3 is 2.65 bits per heavy atom. The molecule has 0 unspecified atom stereocenters. The van der Waals surface area contributed by atoms with Gasteiger partial charge in [0.25, 0.3) is 5.56 Å². The van der Waals surface area contributed by atoms with Crippen molar-refractivity contribution in [3.05, 3.63) is 27.7 Å². The van der Waals surface area contributed by atoms with Gasteiger partial charge in [0, 0.05) is 12.2 Å². The summed E-state index contributed by atoms with van der Waals surface area (Å²) in [5, 5.41) is 8.49. The van der Waals surface area contributed by atoms with Gasteiger partial charge in [-0.15, -0.1) is 13.2 Å². The van der Waals surface area contributed by atoms with Crippen molar-refractivity contribution in [1.29, 1.82) is 5.26 Å². The standard InChI is InChI=1S/C9H8F3N3O2/c10-9(11,12)17-7-3-5(1-2-13)6(4-14)15-8(7)16/h3H,1,4,14H2,(H,15,16). The average Bonchev–Trinajstić information content (AvgIpc) is 2.21. The van der Waals surface area contributed by atoms with Crippen LogP contribution in [-0.4, -0.2) is 11.3 Å². The fourth-order valence-corrected chi connectivity index (χ4v) is 1.22. The third kappa shape index (κ3) is 3.49. The van der Waals surface area contributed by atoms with Gasteiger partial charge in [0.1, 0.15) is 0 Å². The zero-order valence-corrected chi connectivity index (χ0v) is 8.47. The molecule has 3 N–H and O–H groups in total. The predicted molar refractivity (Wildman–Crippen MR) is 51.0 cm³/mol. The molecule has 0 aliphatic heterocycles. The zero-order valence-electron chi connectivity index (χ0n) is 8.47. The quantitative estimate of drug-likeness (QED) is 0.826. The van der Waals surface area contributed by atoms with Crippen molar-refractivity contribution in [2.24, 2.45) is 5.73 Å². The van der Waals surface area contributed by atoms with Crippen molar-refractivity contribution in [3.63, 3.8) is 0 Å². The van der Waals surface area contributed by atoms with Crippen LogP contribution in [0.25, 0.3) is 0 Å². The van der Waals surface area contributed by atoms with Crippen molar-refractivity contribution in [2.45, 2.75) is 19.3 Å². The second-order valence-electron chi connectivity index (χ2n) is 3.05. The van der Waals surface area contributed by atoms with E-state index in [1.807, 2.05) is 0 Å². The highest BCUT2D eigenvalue weighted by molar-refractivity contribution is 5.31. The Balaban J connectivity index is 3.21. The van der Waals surface area contributed by atoms with Gasteiger partial charge in [-0.3, -0.25) is 4.79 Å². The Kier molecular flexibility index (Phi) is 3.75. The minimum atomic E-state index is -4.96. The molecule has 0 amide bonds. The largest absolute Gasteiger partial charge is 0.573 e. The van der Waals surface area contributed by atoms with Crippen LogP contribution in [0.4, 0.5) is 13.2 Å². The van der Waals surface area contributed by atoms with Gasteiger partial charge < -0.3 is 15.5 Å². The number of alkyl halides is 3. The van der Waals surface area contributed by atoms with Crippen LogP contribution in [-0.2, 0) is 13.0 Å². The number of rotatable bonds is 3. The fraction of sp³-hybridized carbons (Fsp3) is 0.333. The highest BCUT2D eigenvalue weighted by Gasteiger charge is 2.32. The van der Waals surface area contributed by atoms with Crippen LogP contribution in [0.1, 0.15) is 11.3 Å². The Morgan fingerprint density at radius 2 is 2.18 bits per heavy atom. The van der Waals surface area contributed by atoms with Crippen LogP contribution in [0.15, 0.2) is 10.9 Å². The SMILES string of the molecule is N#CCc1cc(OC(F)(F)F)c(=O)[nH]c1CN. The molecule has 5 nitrogen and oxygen atoms in total. The van der Waals surface area contributed by atoms with Crippen LogP contribution in [0.2, 0.25) is 0 Å². The zero-order chi connectivity index (χ0) is 13.1. The molecule has 1 aromatic heterocycles. The lowest BCUT2D eigenvalue weighted by molar-refractivity contribution is -0.275. The maximum atomic E-state index is 12.0. The Morgan fingerprint density at radius 1 is 1.53 bits per heavy atom. The molecule has 92 valence electrons. The first-order valence-electron chi connectivity index (χ1n) is 4.45. The maximum absolute atomic E-state index is 12.0. The minimum Gasteiger partial charge on any atom is -0.400 e. The molecule has 0 aliphatic carbocycles. The molecule has 0 saturated carbocycles. The van der Waals surface area contributed by atoms with Crippen molar-refractivity contribution in [3.8, 4) is 11.8 Å². The molecule has 0 spiro atoms. The molecular weight excluding hydrogens is 239 g/mol. The van der Waals surface area contributed by atoms with E-state index in [-0.39, 0.29) is 24.2 Å². The van der Waals surface area contributed by atoms with Crippen LogP contribution >= 0.6 is 0 Å². The Hall–Kier alpha value is -2.01. The first-order chi connectivity index (χ1) is 7.87. The van der Waals surface area contributed by atoms with Gasteiger partial charge in [-0.05, 0) is 11.6 Å². The van der Waals surface area contributed by atoms with E-state index in [1.165, 1.54) is 0 Å². The summed E-state index contributed by atoms with van der Waals surface area (Å²) in [6.45, 7) is -0.0848. The molecule has 0 saturated heterocycles. The summed E-state index contributed by atoms with van der Waals surface area (Å²) in [5.41, 5.74) is 4.66. The first-order valence-corrected chi connectivity index (χ1v) is 4.45. The molecule has 0 fully saturated rings. The normalized spacial score (nSPS) is 11.0. The van der Waals surface area contributed by atoms with E-state index in [1.54, 1.807) is 6.07 Å². The lowest BCUT2D eigenvalue weighted by Crippen LogP contribution is -2.24. The van der Waals surface area contributed by atoms with Crippen molar-refractivity contribution < 1.29 is 17.9 Å². The summed E-state index contributed by atoms with van der Waals surface area (Å²) in [4.78, 5) is 13.4. The molecule has 0 radical (unpaired) electrons. The first kappa shape index (κ1) is 13.1. The molecule has 1 rings (SSSR count). The second-order valence-corrected chi connectivity index (χ2v) is 3.05. The van der Waals surface area contributed by atoms with Gasteiger partial charge in [0.05, 0.1) is 12.5 Å². The van der Waals surface area contributed by atoms with Gasteiger partial charge in [0.15, 0.2) is 5.75 Å². The number of hydrogen-bond donors (Lipinski definition) is 2. The number of aromatic nitrogens is 1. The number of ether oxygens (including phenoxy) is 1.